The molecule has 1 aliphatic heterocycles. The van der Waals surface area contributed by atoms with E-state index in [-0.39, 0.29) is 6.61 Å². The Hall–Kier alpha value is -1.81. The van der Waals surface area contributed by atoms with Crippen molar-refractivity contribution in [3.63, 3.8) is 0 Å². The molecule has 1 aromatic carbocycles. The highest BCUT2D eigenvalue weighted by molar-refractivity contribution is 5.98. The number of rotatable bonds is 2. The number of aromatic nitrogens is 1. The van der Waals surface area contributed by atoms with Gasteiger partial charge in [-0.1, -0.05) is 0 Å². The predicted octanol–water partition coefficient (Wildman–Crippen LogP) is 1.64. The number of nitrogens with zero attached hydrogens (tertiary/aromatic N) is 2. The molecule has 1 unspecified atom stereocenters. The fraction of sp³-hybridized carbons (Fsp3) is 0.357. The molecule has 1 aromatic heterocycles. The van der Waals surface area contributed by atoms with Crippen LogP contribution in [0.4, 0.5) is 11.4 Å². The number of hydrogen-bond donors (Lipinski definition) is 2. The normalized spacial score (nSPS) is 19.6. The average molecular weight is 243 g/mol. The number of pyridine rings is 1. The van der Waals surface area contributed by atoms with Crippen LogP contribution in [0.25, 0.3) is 10.9 Å². The van der Waals surface area contributed by atoms with Gasteiger partial charge in [-0.25, -0.2) is 0 Å². The molecule has 1 fully saturated rings. The molecule has 1 atom stereocenters. The third-order valence-electron chi connectivity index (χ3n) is 3.67. The van der Waals surface area contributed by atoms with E-state index in [1.165, 1.54) is 0 Å². The molecule has 2 aromatic rings. The van der Waals surface area contributed by atoms with E-state index in [9.17, 15) is 5.11 Å². The highest BCUT2D eigenvalue weighted by Crippen LogP contribution is 2.32. The van der Waals surface area contributed by atoms with Crippen molar-refractivity contribution >= 4 is 22.3 Å². The zero-order valence-electron chi connectivity index (χ0n) is 10.2. The van der Waals surface area contributed by atoms with E-state index in [4.69, 9.17) is 5.73 Å². The lowest BCUT2D eigenvalue weighted by molar-refractivity contribution is 0.238. The zero-order chi connectivity index (χ0) is 12.5. The molecule has 18 heavy (non-hydrogen) atoms. The molecule has 0 amide bonds. The summed E-state index contributed by atoms with van der Waals surface area (Å²) in [7, 11) is 0. The second kappa shape index (κ2) is 4.46. The first-order valence-electron chi connectivity index (χ1n) is 6.28. The van der Waals surface area contributed by atoms with Gasteiger partial charge in [-0.15, -0.1) is 0 Å². The van der Waals surface area contributed by atoms with E-state index in [0.717, 1.165) is 41.8 Å². The summed E-state index contributed by atoms with van der Waals surface area (Å²) in [5.74, 6) is 0.376. The molecule has 1 saturated heterocycles. The first-order chi connectivity index (χ1) is 8.79. The van der Waals surface area contributed by atoms with Gasteiger partial charge < -0.3 is 15.7 Å². The first kappa shape index (κ1) is 11.3. The summed E-state index contributed by atoms with van der Waals surface area (Å²) in [5.41, 5.74) is 8.82. The number of anilines is 2. The van der Waals surface area contributed by atoms with Gasteiger partial charge >= 0.3 is 0 Å². The monoisotopic (exact) mass is 243 g/mol. The summed E-state index contributed by atoms with van der Waals surface area (Å²) in [5, 5.41) is 10.2. The molecular weight excluding hydrogens is 226 g/mol. The second-order valence-corrected chi connectivity index (χ2v) is 4.86. The Labute approximate surface area is 106 Å². The summed E-state index contributed by atoms with van der Waals surface area (Å²) in [4.78, 5) is 6.74. The maximum Gasteiger partial charge on any atom is 0.0955 e. The van der Waals surface area contributed by atoms with Crippen LogP contribution < -0.4 is 10.6 Å². The Morgan fingerprint density at radius 2 is 2.28 bits per heavy atom. The van der Waals surface area contributed by atoms with Crippen molar-refractivity contribution in [3.05, 3.63) is 30.5 Å². The summed E-state index contributed by atoms with van der Waals surface area (Å²) in [6.45, 7) is 2.13. The molecule has 94 valence electrons. The van der Waals surface area contributed by atoms with Gasteiger partial charge in [0.2, 0.25) is 0 Å². The Morgan fingerprint density at radius 3 is 3.06 bits per heavy atom. The fourth-order valence-corrected chi connectivity index (χ4v) is 2.64. The van der Waals surface area contributed by atoms with Crippen LogP contribution in [0.2, 0.25) is 0 Å². The molecule has 0 aliphatic carbocycles. The third kappa shape index (κ3) is 1.78. The van der Waals surface area contributed by atoms with Crippen molar-refractivity contribution in [3.8, 4) is 0 Å². The minimum atomic E-state index is 0.261. The van der Waals surface area contributed by atoms with Gasteiger partial charge in [0.25, 0.3) is 0 Å². The molecule has 0 saturated carbocycles. The topological polar surface area (TPSA) is 62.4 Å². The summed E-state index contributed by atoms with van der Waals surface area (Å²) < 4.78 is 0. The van der Waals surface area contributed by atoms with Crippen molar-refractivity contribution in [1.82, 2.24) is 4.98 Å². The number of aliphatic hydroxyl groups excluding tert-OH is 1. The Morgan fingerprint density at radius 1 is 1.39 bits per heavy atom. The van der Waals surface area contributed by atoms with Gasteiger partial charge in [-0.3, -0.25) is 4.98 Å². The molecule has 4 nitrogen and oxygen atoms in total. The Balaban J connectivity index is 2.05. The average Bonchev–Trinajstić information content (AvgIpc) is 2.88. The molecule has 2 heterocycles. The van der Waals surface area contributed by atoms with Crippen LogP contribution in [0.15, 0.2) is 30.5 Å². The van der Waals surface area contributed by atoms with E-state index in [1.807, 2.05) is 24.3 Å². The van der Waals surface area contributed by atoms with E-state index in [0.29, 0.717) is 5.92 Å². The van der Waals surface area contributed by atoms with E-state index in [1.54, 1.807) is 6.20 Å². The maximum absolute atomic E-state index is 9.23. The fourth-order valence-electron chi connectivity index (χ4n) is 2.64. The lowest BCUT2D eigenvalue weighted by atomic mass is 10.1. The highest BCUT2D eigenvalue weighted by Gasteiger charge is 2.23. The molecule has 3 N–H and O–H groups in total. The van der Waals surface area contributed by atoms with Gasteiger partial charge in [0, 0.05) is 42.9 Å². The van der Waals surface area contributed by atoms with Gasteiger partial charge in [0.15, 0.2) is 0 Å². The van der Waals surface area contributed by atoms with Crippen molar-refractivity contribution in [1.29, 1.82) is 0 Å². The maximum atomic E-state index is 9.23. The lowest BCUT2D eigenvalue weighted by Crippen LogP contribution is -2.21. The van der Waals surface area contributed by atoms with Crippen molar-refractivity contribution < 1.29 is 5.11 Å². The number of aliphatic hydroxyl groups is 1. The predicted molar refractivity (Wildman–Crippen MR) is 73.6 cm³/mol. The number of nitrogens with two attached hydrogens (primary N) is 1. The van der Waals surface area contributed by atoms with Gasteiger partial charge in [-0.05, 0) is 30.7 Å². The quantitative estimate of drug-likeness (QED) is 0.787. The largest absolute Gasteiger partial charge is 0.398 e. The SMILES string of the molecule is Nc1ccc(N2CCC(CO)C2)c2ncccc12. The number of fused-ring (bicyclic) bond motifs is 1. The summed E-state index contributed by atoms with van der Waals surface area (Å²) in [6, 6.07) is 7.87. The molecule has 4 heteroatoms. The molecular formula is C14H17N3O. The molecule has 0 bridgehead atoms. The minimum absolute atomic E-state index is 0.261. The van der Waals surface area contributed by atoms with Crippen molar-refractivity contribution in [2.45, 2.75) is 6.42 Å². The molecule has 1 aliphatic rings. The zero-order valence-corrected chi connectivity index (χ0v) is 10.2. The molecule has 3 rings (SSSR count). The Kier molecular flexibility index (Phi) is 2.80. The Bertz CT molecular complexity index is 570. The van der Waals surface area contributed by atoms with Crippen LogP contribution in [0.1, 0.15) is 6.42 Å². The molecule has 0 spiro atoms. The van der Waals surface area contributed by atoms with Crippen LogP contribution in [0.5, 0.6) is 0 Å². The number of hydrogen-bond acceptors (Lipinski definition) is 4. The van der Waals surface area contributed by atoms with E-state index < -0.39 is 0 Å². The van der Waals surface area contributed by atoms with Crippen LogP contribution in [0, 0.1) is 5.92 Å². The van der Waals surface area contributed by atoms with Gasteiger partial charge in [0.05, 0.1) is 11.2 Å². The third-order valence-corrected chi connectivity index (χ3v) is 3.67. The minimum Gasteiger partial charge on any atom is -0.398 e. The number of nitrogen functional groups attached to an aromatic ring is 1. The van der Waals surface area contributed by atoms with Crippen LogP contribution in [-0.4, -0.2) is 29.8 Å². The smallest absolute Gasteiger partial charge is 0.0955 e. The summed E-state index contributed by atoms with van der Waals surface area (Å²) in [6.07, 6.45) is 2.83. The standard InChI is InChI=1S/C14H17N3O/c15-12-3-4-13(14-11(12)2-1-6-16-14)17-7-5-10(8-17)9-18/h1-4,6,10,18H,5,7-9,15H2. The molecule has 0 radical (unpaired) electrons. The van der Waals surface area contributed by atoms with Crippen molar-refractivity contribution in [2.24, 2.45) is 5.92 Å². The van der Waals surface area contributed by atoms with Crippen LogP contribution in [0.3, 0.4) is 0 Å². The lowest BCUT2D eigenvalue weighted by Gasteiger charge is -2.20. The van der Waals surface area contributed by atoms with Gasteiger partial charge in [0.1, 0.15) is 0 Å². The van der Waals surface area contributed by atoms with Gasteiger partial charge in [-0.2, -0.15) is 0 Å². The van der Waals surface area contributed by atoms with E-state index >= 15 is 0 Å². The van der Waals surface area contributed by atoms with E-state index in [2.05, 4.69) is 9.88 Å². The van der Waals surface area contributed by atoms with Crippen LogP contribution in [-0.2, 0) is 0 Å². The van der Waals surface area contributed by atoms with Crippen molar-refractivity contribution in [2.75, 3.05) is 30.3 Å². The highest BCUT2D eigenvalue weighted by atomic mass is 16.3. The number of benzene rings is 1. The summed E-state index contributed by atoms with van der Waals surface area (Å²) >= 11 is 0. The van der Waals surface area contributed by atoms with Crippen LogP contribution >= 0.6 is 0 Å². The second-order valence-electron chi connectivity index (χ2n) is 4.86. The first-order valence-corrected chi connectivity index (χ1v) is 6.28.